The van der Waals surface area contributed by atoms with E-state index in [9.17, 15) is 9.59 Å². The van der Waals surface area contributed by atoms with Crippen molar-refractivity contribution in [2.75, 3.05) is 25.1 Å². The number of hydrogen-bond acceptors (Lipinski definition) is 5. The van der Waals surface area contributed by atoms with E-state index in [1.165, 1.54) is 0 Å². The van der Waals surface area contributed by atoms with Gasteiger partial charge in [0.25, 0.3) is 0 Å². The van der Waals surface area contributed by atoms with Gasteiger partial charge in [-0.25, -0.2) is 9.59 Å². The number of nitrogens with one attached hydrogen (secondary N) is 1. The number of hydrogen-bond donors (Lipinski definition) is 1. The monoisotopic (exact) mass is 377 g/mol. The summed E-state index contributed by atoms with van der Waals surface area (Å²) in [6.45, 7) is 6.53. The Balaban J connectivity index is 1.56. The Kier molecular flexibility index (Phi) is 8.10. The maximum absolute atomic E-state index is 11.8. The first-order valence-electron chi connectivity index (χ1n) is 9.60. The van der Waals surface area contributed by atoms with E-state index in [0.29, 0.717) is 25.0 Å². The Labute approximate surface area is 161 Å². The fraction of sp³-hybridized carbons (Fsp3) is 0.619. The Morgan fingerprint density at radius 2 is 1.59 bits per heavy atom. The Morgan fingerprint density at radius 3 is 2.19 bits per heavy atom. The number of anilines is 1. The van der Waals surface area contributed by atoms with Crippen LogP contribution in [0.2, 0.25) is 0 Å². The summed E-state index contributed by atoms with van der Waals surface area (Å²) in [5.41, 5.74) is 0.249. The fourth-order valence-corrected chi connectivity index (χ4v) is 3.11. The van der Waals surface area contributed by atoms with Crippen molar-refractivity contribution in [1.82, 2.24) is 0 Å². The third-order valence-electron chi connectivity index (χ3n) is 4.43. The molecule has 1 fully saturated rings. The van der Waals surface area contributed by atoms with Crippen LogP contribution in [-0.4, -0.2) is 37.5 Å². The molecule has 1 aliphatic carbocycles. The predicted molar refractivity (Wildman–Crippen MR) is 104 cm³/mol. The second-order valence-electron chi connectivity index (χ2n) is 8.08. The van der Waals surface area contributed by atoms with Crippen LogP contribution in [0.5, 0.6) is 0 Å². The van der Waals surface area contributed by atoms with Gasteiger partial charge in [-0.15, -0.1) is 0 Å². The number of esters is 1. The predicted octanol–water partition coefficient (Wildman–Crippen LogP) is 4.40. The van der Waals surface area contributed by atoms with Crippen molar-refractivity contribution in [3.8, 4) is 0 Å². The number of ether oxygens (including phenoxy) is 3. The SMILES string of the molecule is CC(C)(C)OC(=O)COC[C@H]1CC[C@H](COC(=O)Nc2ccccc2)CC1. The van der Waals surface area contributed by atoms with Crippen molar-refractivity contribution in [2.24, 2.45) is 11.8 Å². The standard InChI is InChI=1S/C21H31NO5/c1-21(2,3)27-19(23)15-25-13-16-9-11-17(12-10-16)14-26-20(24)22-18-7-5-4-6-8-18/h4-8,16-17H,9-15H2,1-3H3,(H,22,24)/t16-,17-. The number of para-hydroxylation sites is 1. The number of benzene rings is 1. The summed E-state index contributed by atoms with van der Waals surface area (Å²) in [5, 5.41) is 2.72. The van der Waals surface area contributed by atoms with Gasteiger partial charge in [0.2, 0.25) is 0 Å². The Bertz CT molecular complexity index is 588. The van der Waals surface area contributed by atoms with Crippen molar-refractivity contribution in [2.45, 2.75) is 52.1 Å². The molecule has 1 amide bonds. The number of rotatable bonds is 7. The van der Waals surface area contributed by atoms with Crippen molar-refractivity contribution in [1.29, 1.82) is 0 Å². The van der Waals surface area contributed by atoms with Gasteiger partial charge in [-0.1, -0.05) is 18.2 Å². The molecular formula is C21H31NO5. The minimum Gasteiger partial charge on any atom is -0.458 e. The Hall–Kier alpha value is -2.08. The van der Waals surface area contributed by atoms with Gasteiger partial charge in [0, 0.05) is 5.69 Å². The topological polar surface area (TPSA) is 73.9 Å². The highest BCUT2D eigenvalue weighted by atomic mass is 16.6. The van der Waals surface area contributed by atoms with Gasteiger partial charge in [-0.05, 0) is 70.4 Å². The lowest BCUT2D eigenvalue weighted by Crippen LogP contribution is -2.28. The number of carbonyl (C=O) groups is 2. The maximum atomic E-state index is 11.8. The molecule has 2 rings (SSSR count). The molecule has 150 valence electrons. The van der Waals surface area contributed by atoms with E-state index in [1.807, 2.05) is 51.1 Å². The average Bonchev–Trinajstić information content (AvgIpc) is 2.60. The zero-order valence-corrected chi connectivity index (χ0v) is 16.5. The normalized spacial score (nSPS) is 20.0. The van der Waals surface area contributed by atoms with Crippen molar-refractivity contribution >= 4 is 17.7 Å². The molecule has 1 aliphatic rings. The summed E-state index contributed by atoms with van der Waals surface area (Å²) >= 11 is 0. The van der Waals surface area contributed by atoms with Crippen LogP contribution in [0.15, 0.2) is 30.3 Å². The van der Waals surface area contributed by atoms with E-state index in [1.54, 1.807) is 0 Å². The maximum Gasteiger partial charge on any atom is 0.411 e. The quantitative estimate of drug-likeness (QED) is 0.713. The lowest BCUT2D eigenvalue weighted by Gasteiger charge is -2.28. The summed E-state index contributed by atoms with van der Waals surface area (Å²) in [5.74, 6) is 0.504. The van der Waals surface area contributed by atoms with Gasteiger partial charge in [-0.3, -0.25) is 5.32 Å². The van der Waals surface area contributed by atoms with Gasteiger partial charge < -0.3 is 14.2 Å². The molecule has 0 saturated heterocycles. The molecule has 1 aromatic carbocycles. The molecule has 0 aliphatic heterocycles. The largest absolute Gasteiger partial charge is 0.458 e. The van der Waals surface area contributed by atoms with Crippen LogP contribution < -0.4 is 5.32 Å². The van der Waals surface area contributed by atoms with Crippen molar-refractivity contribution in [3.05, 3.63) is 30.3 Å². The molecule has 6 heteroatoms. The zero-order valence-electron chi connectivity index (χ0n) is 16.5. The van der Waals surface area contributed by atoms with E-state index >= 15 is 0 Å². The molecule has 0 unspecified atom stereocenters. The molecule has 0 heterocycles. The first kappa shape index (κ1) is 21.2. The smallest absolute Gasteiger partial charge is 0.411 e. The molecule has 1 N–H and O–H groups in total. The van der Waals surface area contributed by atoms with Crippen LogP contribution >= 0.6 is 0 Å². The molecule has 0 aromatic heterocycles. The van der Waals surface area contributed by atoms with Gasteiger partial charge in [0.05, 0.1) is 13.2 Å². The third-order valence-corrected chi connectivity index (χ3v) is 4.43. The van der Waals surface area contributed by atoms with E-state index < -0.39 is 11.7 Å². The first-order chi connectivity index (χ1) is 12.8. The zero-order chi connectivity index (χ0) is 19.7. The van der Waals surface area contributed by atoms with Crippen molar-refractivity contribution in [3.63, 3.8) is 0 Å². The number of carbonyl (C=O) groups excluding carboxylic acids is 2. The highest BCUT2D eigenvalue weighted by Gasteiger charge is 2.23. The van der Waals surface area contributed by atoms with Crippen molar-refractivity contribution < 1.29 is 23.8 Å². The number of amides is 1. The van der Waals surface area contributed by atoms with Gasteiger partial charge in [0.15, 0.2) is 0 Å². The summed E-state index contributed by atoms with van der Waals surface area (Å²) in [6.07, 6.45) is 3.62. The molecule has 0 atom stereocenters. The summed E-state index contributed by atoms with van der Waals surface area (Å²) in [6, 6.07) is 9.27. The van der Waals surface area contributed by atoms with Crippen LogP contribution in [0, 0.1) is 11.8 Å². The van der Waals surface area contributed by atoms with E-state index in [2.05, 4.69) is 5.32 Å². The second kappa shape index (κ2) is 10.3. The van der Waals surface area contributed by atoms with Crippen LogP contribution in [0.3, 0.4) is 0 Å². The third kappa shape index (κ3) is 8.91. The summed E-state index contributed by atoms with van der Waals surface area (Å²) in [7, 11) is 0. The molecule has 6 nitrogen and oxygen atoms in total. The van der Waals surface area contributed by atoms with Crippen LogP contribution in [0.4, 0.5) is 10.5 Å². The molecular weight excluding hydrogens is 346 g/mol. The lowest BCUT2D eigenvalue weighted by molar-refractivity contribution is -0.160. The van der Waals surface area contributed by atoms with E-state index in [0.717, 1.165) is 31.4 Å². The second-order valence-corrected chi connectivity index (χ2v) is 8.08. The minimum atomic E-state index is -0.481. The highest BCUT2D eigenvalue weighted by Crippen LogP contribution is 2.29. The highest BCUT2D eigenvalue weighted by molar-refractivity contribution is 5.84. The molecule has 0 bridgehead atoms. The minimum absolute atomic E-state index is 0.0000328. The molecule has 0 spiro atoms. The fourth-order valence-electron chi connectivity index (χ4n) is 3.11. The van der Waals surface area contributed by atoms with Gasteiger partial charge >= 0.3 is 12.1 Å². The van der Waals surface area contributed by atoms with Gasteiger partial charge in [-0.2, -0.15) is 0 Å². The van der Waals surface area contributed by atoms with Crippen LogP contribution in [-0.2, 0) is 19.0 Å². The molecule has 1 saturated carbocycles. The van der Waals surface area contributed by atoms with Gasteiger partial charge in [0.1, 0.15) is 12.2 Å². The first-order valence-corrected chi connectivity index (χ1v) is 9.60. The Morgan fingerprint density at radius 1 is 1.00 bits per heavy atom. The molecule has 0 radical (unpaired) electrons. The average molecular weight is 377 g/mol. The summed E-state index contributed by atoms with van der Waals surface area (Å²) in [4.78, 5) is 23.5. The summed E-state index contributed by atoms with van der Waals surface area (Å²) < 4.78 is 16.1. The lowest BCUT2D eigenvalue weighted by atomic mass is 9.83. The molecule has 27 heavy (non-hydrogen) atoms. The van der Waals surface area contributed by atoms with Crippen LogP contribution in [0.1, 0.15) is 46.5 Å². The van der Waals surface area contributed by atoms with E-state index in [-0.39, 0.29) is 12.6 Å². The molecule has 1 aromatic rings. The van der Waals surface area contributed by atoms with E-state index in [4.69, 9.17) is 14.2 Å². The van der Waals surface area contributed by atoms with Crippen LogP contribution in [0.25, 0.3) is 0 Å².